The van der Waals surface area contributed by atoms with E-state index in [2.05, 4.69) is 5.32 Å². The molecule has 0 saturated carbocycles. The number of carboxylic acid groups (broad SMARTS) is 1. The number of amides is 1. The third-order valence-electron chi connectivity index (χ3n) is 2.41. The lowest BCUT2D eigenvalue weighted by Crippen LogP contribution is -2.25. The number of aliphatic carboxylic acids is 1. The van der Waals surface area contributed by atoms with Crippen LogP contribution in [-0.2, 0) is 9.59 Å². The second-order valence-corrected chi connectivity index (χ2v) is 3.71. The lowest BCUT2D eigenvalue weighted by molar-refractivity contribution is -0.134. The lowest BCUT2D eigenvalue weighted by atomic mass is 10.1. The van der Waals surface area contributed by atoms with Gasteiger partial charge in [0.05, 0.1) is 7.11 Å². The van der Waals surface area contributed by atoms with Crippen molar-refractivity contribution in [3.63, 3.8) is 0 Å². The number of hydrogen-bond acceptors (Lipinski definition) is 3. The number of nitrogens with one attached hydrogen (secondary N) is 1. The minimum absolute atomic E-state index is 0.118. The summed E-state index contributed by atoms with van der Waals surface area (Å²) < 4.78 is 5.02. The average molecular weight is 249 g/mol. The highest BCUT2D eigenvalue weighted by molar-refractivity contribution is 5.99. The Bertz CT molecular complexity index is 488. The number of benzene rings is 1. The van der Waals surface area contributed by atoms with Crippen LogP contribution < -0.4 is 10.1 Å². The molecule has 0 radical (unpaired) electrons. The van der Waals surface area contributed by atoms with Crippen molar-refractivity contribution in [2.24, 2.45) is 0 Å². The summed E-state index contributed by atoms with van der Waals surface area (Å²) in [5.74, 6) is -0.901. The molecular formula is C13H15NO4. The van der Waals surface area contributed by atoms with E-state index >= 15 is 0 Å². The van der Waals surface area contributed by atoms with Gasteiger partial charge < -0.3 is 15.2 Å². The first-order valence-electron chi connectivity index (χ1n) is 5.32. The molecule has 5 nitrogen and oxygen atoms in total. The second kappa shape index (κ2) is 5.86. The molecule has 0 bridgehead atoms. The molecule has 0 aliphatic carbocycles. The van der Waals surface area contributed by atoms with Crippen molar-refractivity contribution in [3.05, 3.63) is 35.5 Å². The van der Waals surface area contributed by atoms with Crippen LogP contribution in [0.4, 0.5) is 0 Å². The maximum Gasteiger partial charge on any atom is 0.352 e. The number of methoxy groups -OCH3 is 1. The van der Waals surface area contributed by atoms with E-state index < -0.39 is 11.9 Å². The molecule has 2 N–H and O–H groups in total. The van der Waals surface area contributed by atoms with Crippen molar-refractivity contribution in [1.29, 1.82) is 0 Å². The lowest BCUT2D eigenvalue weighted by Gasteiger charge is -2.09. The molecule has 1 amide bonds. The Hall–Kier alpha value is -2.30. The number of ether oxygens (including phenoxy) is 1. The molecule has 0 spiro atoms. The molecule has 96 valence electrons. The number of hydrogen-bond donors (Lipinski definition) is 2. The molecule has 0 fully saturated rings. The Morgan fingerprint density at radius 3 is 2.11 bits per heavy atom. The van der Waals surface area contributed by atoms with E-state index in [0.717, 1.165) is 0 Å². The third-order valence-corrected chi connectivity index (χ3v) is 2.41. The van der Waals surface area contributed by atoms with Gasteiger partial charge in [-0.3, -0.25) is 4.79 Å². The van der Waals surface area contributed by atoms with Gasteiger partial charge in [-0.1, -0.05) is 12.1 Å². The first kappa shape index (κ1) is 13.8. The van der Waals surface area contributed by atoms with Crippen LogP contribution in [0.3, 0.4) is 0 Å². The Labute approximate surface area is 105 Å². The fourth-order valence-corrected chi connectivity index (χ4v) is 1.47. The van der Waals surface area contributed by atoms with Gasteiger partial charge in [0.1, 0.15) is 11.4 Å². The Morgan fingerprint density at radius 1 is 1.17 bits per heavy atom. The van der Waals surface area contributed by atoms with Gasteiger partial charge in [0.25, 0.3) is 0 Å². The van der Waals surface area contributed by atoms with Crippen LogP contribution >= 0.6 is 0 Å². The van der Waals surface area contributed by atoms with E-state index in [1.807, 2.05) is 0 Å². The van der Waals surface area contributed by atoms with Crippen LogP contribution in [0.1, 0.15) is 19.4 Å². The molecule has 0 aromatic heterocycles. The maximum absolute atomic E-state index is 11.1. The molecular weight excluding hydrogens is 234 g/mol. The van der Waals surface area contributed by atoms with Gasteiger partial charge in [-0.25, -0.2) is 4.79 Å². The predicted octanol–water partition coefficient (Wildman–Crippen LogP) is 1.65. The topological polar surface area (TPSA) is 75.6 Å². The first-order chi connectivity index (χ1) is 8.45. The van der Waals surface area contributed by atoms with Crippen molar-refractivity contribution in [3.8, 4) is 5.75 Å². The van der Waals surface area contributed by atoms with Crippen molar-refractivity contribution < 1.29 is 19.4 Å². The first-order valence-corrected chi connectivity index (χ1v) is 5.32. The van der Waals surface area contributed by atoms with Gasteiger partial charge in [0.15, 0.2) is 0 Å². The molecule has 1 aromatic carbocycles. The van der Waals surface area contributed by atoms with Gasteiger partial charge in [0, 0.05) is 6.92 Å². The minimum atomic E-state index is -1.17. The highest BCUT2D eigenvalue weighted by atomic mass is 16.5. The van der Waals surface area contributed by atoms with Crippen LogP contribution in [0.5, 0.6) is 5.75 Å². The molecule has 0 aliphatic heterocycles. The van der Waals surface area contributed by atoms with Crippen LogP contribution in [-0.4, -0.2) is 24.1 Å². The molecule has 0 unspecified atom stereocenters. The summed E-state index contributed by atoms with van der Waals surface area (Å²) in [7, 11) is 1.55. The van der Waals surface area contributed by atoms with Gasteiger partial charge >= 0.3 is 5.97 Å². The average Bonchev–Trinajstić information content (AvgIpc) is 2.34. The molecule has 18 heavy (non-hydrogen) atoms. The van der Waals surface area contributed by atoms with Crippen LogP contribution in [0, 0.1) is 0 Å². The van der Waals surface area contributed by atoms with Gasteiger partial charge in [-0.05, 0) is 30.2 Å². The zero-order valence-electron chi connectivity index (χ0n) is 10.5. The van der Waals surface area contributed by atoms with Crippen LogP contribution in [0.15, 0.2) is 30.0 Å². The zero-order valence-corrected chi connectivity index (χ0v) is 10.5. The number of carbonyl (C=O) groups is 2. The number of rotatable bonds is 4. The molecule has 0 saturated heterocycles. The normalized spacial score (nSPS) is 11.5. The van der Waals surface area contributed by atoms with Gasteiger partial charge in [0.2, 0.25) is 5.91 Å². The fourth-order valence-electron chi connectivity index (χ4n) is 1.47. The summed E-state index contributed by atoms with van der Waals surface area (Å²) in [6, 6.07) is 6.93. The largest absolute Gasteiger partial charge is 0.497 e. The standard InChI is InChI=1S/C13H15NO4/c1-8(12(13(16)17)14-9(2)15)10-4-6-11(18-3)7-5-10/h4-7H,1-3H3,(H,14,15)(H,16,17). The van der Waals surface area contributed by atoms with E-state index in [1.54, 1.807) is 38.3 Å². The van der Waals surface area contributed by atoms with Crippen LogP contribution in [0.2, 0.25) is 0 Å². The molecule has 1 rings (SSSR count). The number of carbonyl (C=O) groups excluding carboxylic acids is 1. The highest BCUT2D eigenvalue weighted by Crippen LogP contribution is 2.20. The highest BCUT2D eigenvalue weighted by Gasteiger charge is 2.14. The quantitative estimate of drug-likeness (QED) is 0.795. The summed E-state index contributed by atoms with van der Waals surface area (Å²) in [5, 5.41) is 11.4. The molecule has 0 atom stereocenters. The summed E-state index contributed by atoms with van der Waals surface area (Å²) in [6.07, 6.45) is 0. The van der Waals surface area contributed by atoms with E-state index in [0.29, 0.717) is 16.9 Å². The van der Waals surface area contributed by atoms with Crippen molar-refractivity contribution in [2.45, 2.75) is 13.8 Å². The molecule has 5 heteroatoms. The van der Waals surface area contributed by atoms with E-state index in [4.69, 9.17) is 9.84 Å². The Morgan fingerprint density at radius 2 is 1.72 bits per heavy atom. The zero-order chi connectivity index (χ0) is 13.7. The second-order valence-electron chi connectivity index (χ2n) is 3.71. The van der Waals surface area contributed by atoms with E-state index in [-0.39, 0.29) is 5.70 Å². The summed E-state index contributed by atoms with van der Waals surface area (Å²) in [5.41, 5.74) is 1.08. The van der Waals surface area contributed by atoms with Crippen molar-refractivity contribution >= 4 is 17.4 Å². The molecule has 0 aliphatic rings. The van der Waals surface area contributed by atoms with Gasteiger partial charge in [-0.2, -0.15) is 0 Å². The van der Waals surface area contributed by atoms with Crippen molar-refractivity contribution in [1.82, 2.24) is 5.32 Å². The number of carboxylic acids is 1. The van der Waals surface area contributed by atoms with Crippen LogP contribution in [0.25, 0.3) is 5.57 Å². The minimum Gasteiger partial charge on any atom is -0.497 e. The predicted molar refractivity (Wildman–Crippen MR) is 67.0 cm³/mol. The number of allylic oxidation sites excluding steroid dienone is 1. The maximum atomic E-state index is 11.1. The third kappa shape index (κ3) is 3.35. The Kier molecular flexibility index (Phi) is 4.48. The molecule has 0 heterocycles. The molecule has 1 aromatic rings. The summed E-state index contributed by atoms with van der Waals surface area (Å²) in [4.78, 5) is 22.0. The Balaban J connectivity index is 3.15. The SMILES string of the molecule is COc1ccc(C(C)=C(NC(C)=O)C(=O)O)cc1. The summed E-state index contributed by atoms with van der Waals surface area (Å²) in [6.45, 7) is 2.91. The smallest absolute Gasteiger partial charge is 0.352 e. The van der Waals surface area contributed by atoms with Crippen molar-refractivity contribution in [2.75, 3.05) is 7.11 Å². The summed E-state index contributed by atoms with van der Waals surface area (Å²) >= 11 is 0. The van der Waals surface area contributed by atoms with Gasteiger partial charge in [-0.15, -0.1) is 0 Å². The fraction of sp³-hybridized carbons (Fsp3) is 0.231. The monoisotopic (exact) mass is 249 g/mol. The van der Waals surface area contributed by atoms with E-state index in [9.17, 15) is 9.59 Å². The van der Waals surface area contributed by atoms with E-state index in [1.165, 1.54) is 6.92 Å².